The van der Waals surface area contributed by atoms with Crippen LogP contribution in [0.25, 0.3) is 132 Å². The van der Waals surface area contributed by atoms with Gasteiger partial charge in [-0.3, -0.25) is 0 Å². The molecule has 0 bridgehead atoms. The molecule has 11 aromatic carbocycles. The fraction of sp³-hybridized carbons (Fsp3) is 0. The molecule has 3 heterocycles. The second kappa shape index (κ2) is 14.3. The van der Waals surface area contributed by atoms with E-state index in [1.165, 1.54) is 54.1 Å². The predicted octanol–water partition coefficient (Wildman–Crippen LogP) is 15.7. The van der Waals surface area contributed by atoms with Gasteiger partial charge in [0.25, 0.3) is 0 Å². The van der Waals surface area contributed by atoms with Crippen molar-refractivity contribution in [2.24, 2.45) is 0 Å². The van der Waals surface area contributed by atoms with Gasteiger partial charge in [0.15, 0.2) is 17.5 Å². The minimum atomic E-state index is 0.634. The van der Waals surface area contributed by atoms with E-state index in [0.29, 0.717) is 17.5 Å². The Hall–Kier alpha value is -8.93. The van der Waals surface area contributed by atoms with Crippen molar-refractivity contribution in [3.05, 3.63) is 224 Å². The van der Waals surface area contributed by atoms with E-state index >= 15 is 0 Å². The quantitative estimate of drug-likeness (QED) is 0.173. The van der Waals surface area contributed by atoms with Gasteiger partial charge in [-0.25, -0.2) is 15.0 Å². The van der Waals surface area contributed by atoms with Crippen LogP contribution in [-0.4, -0.2) is 24.1 Å². The molecule has 14 rings (SSSR count). The summed E-state index contributed by atoms with van der Waals surface area (Å²) in [6, 6.07) is 80.6. The Balaban J connectivity index is 0.977. The first-order chi connectivity index (χ1) is 32.7. The van der Waals surface area contributed by atoms with Gasteiger partial charge in [0.05, 0.1) is 22.1 Å². The van der Waals surface area contributed by atoms with Crippen molar-refractivity contribution < 1.29 is 0 Å². The van der Waals surface area contributed by atoms with Gasteiger partial charge in [-0.15, -0.1) is 0 Å². The number of nitrogens with zero attached hydrogens (tertiary/aromatic N) is 5. The van der Waals surface area contributed by atoms with Gasteiger partial charge in [-0.1, -0.05) is 164 Å². The molecule has 0 N–H and O–H groups in total. The number of para-hydroxylation sites is 2. The minimum absolute atomic E-state index is 0.634. The fourth-order valence-electron chi connectivity index (χ4n) is 10.4. The summed E-state index contributed by atoms with van der Waals surface area (Å²) < 4.78 is 4.86. The molecular weight excluding hydrogens is 803 g/mol. The maximum absolute atomic E-state index is 5.24. The normalized spacial score (nSPS) is 11.9. The zero-order chi connectivity index (χ0) is 43.3. The molecule has 66 heavy (non-hydrogen) atoms. The standard InChI is InChI=1S/C61H37N5/c1-2-19-46(20-3-1)65-55-32-29-40-15-8-9-21-49(40)58(55)53-36-52-50-22-10-11-24-54(50)66(56(52)37-57(53)65)47-30-31-48-43(35-47)18-12-23-51(48)61-63-59(44-27-25-38-13-4-6-16-41(38)33-44)62-60(64-61)45-28-26-39-14-5-7-17-42(39)34-45/h1-37H. The number of fused-ring (bicyclic) bond motifs is 11. The maximum Gasteiger partial charge on any atom is 0.164 e. The zero-order valence-electron chi connectivity index (χ0n) is 35.6. The van der Waals surface area contributed by atoms with E-state index in [0.717, 1.165) is 60.6 Å². The molecular formula is C61H37N5. The van der Waals surface area contributed by atoms with E-state index in [4.69, 9.17) is 15.0 Å². The Kier molecular flexibility index (Phi) is 7.91. The second-order valence-electron chi connectivity index (χ2n) is 17.2. The van der Waals surface area contributed by atoms with Gasteiger partial charge in [-0.05, 0) is 104 Å². The number of rotatable bonds is 5. The molecule has 0 aliphatic rings. The third-order valence-corrected chi connectivity index (χ3v) is 13.5. The topological polar surface area (TPSA) is 48.5 Å². The van der Waals surface area contributed by atoms with Crippen molar-refractivity contribution >= 4 is 86.7 Å². The predicted molar refractivity (Wildman–Crippen MR) is 275 cm³/mol. The summed E-state index contributed by atoms with van der Waals surface area (Å²) in [6.45, 7) is 0. The number of hydrogen-bond acceptors (Lipinski definition) is 3. The smallest absolute Gasteiger partial charge is 0.164 e. The molecule has 0 saturated carbocycles. The van der Waals surface area contributed by atoms with Gasteiger partial charge in [0.1, 0.15) is 0 Å². The van der Waals surface area contributed by atoms with Crippen molar-refractivity contribution in [2.45, 2.75) is 0 Å². The van der Waals surface area contributed by atoms with Gasteiger partial charge in [0, 0.05) is 49.6 Å². The summed E-state index contributed by atoms with van der Waals surface area (Å²) in [5, 5.41) is 14.3. The van der Waals surface area contributed by atoms with Crippen LogP contribution < -0.4 is 0 Å². The molecule has 0 aliphatic carbocycles. The van der Waals surface area contributed by atoms with Crippen LogP contribution in [0.2, 0.25) is 0 Å². The van der Waals surface area contributed by atoms with Gasteiger partial charge < -0.3 is 9.13 Å². The SMILES string of the molecule is c1ccc(-n2c3cc4c(cc3c3c5ccccc5ccc32)c2ccccc2n4-c2ccc3c(-c4nc(-c5ccc6ccccc6c5)nc(-c5ccc6ccccc6c5)n4)cccc3c2)cc1. The fourth-order valence-corrected chi connectivity index (χ4v) is 10.4. The summed E-state index contributed by atoms with van der Waals surface area (Å²) >= 11 is 0. The van der Waals surface area contributed by atoms with Crippen molar-refractivity contribution in [2.75, 3.05) is 0 Å². The first-order valence-electron chi connectivity index (χ1n) is 22.4. The molecule has 0 radical (unpaired) electrons. The molecule has 0 fully saturated rings. The molecule has 0 atom stereocenters. The summed E-state index contributed by atoms with van der Waals surface area (Å²) in [5.41, 5.74) is 9.75. The van der Waals surface area contributed by atoms with Crippen molar-refractivity contribution in [3.63, 3.8) is 0 Å². The average Bonchev–Trinajstić information content (AvgIpc) is 3.89. The first-order valence-corrected chi connectivity index (χ1v) is 22.4. The Morgan fingerprint density at radius 1 is 0.258 bits per heavy atom. The van der Waals surface area contributed by atoms with Crippen molar-refractivity contribution in [1.29, 1.82) is 0 Å². The second-order valence-corrected chi connectivity index (χ2v) is 17.2. The molecule has 0 spiro atoms. The van der Waals surface area contributed by atoms with Crippen LogP contribution in [0.3, 0.4) is 0 Å². The lowest BCUT2D eigenvalue weighted by atomic mass is 10.0. The first kappa shape index (κ1) is 36.5. The molecule has 0 saturated heterocycles. The van der Waals surface area contributed by atoms with E-state index in [9.17, 15) is 0 Å². The van der Waals surface area contributed by atoms with Crippen LogP contribution in [0.15, 0.2) is 224 Å². The van der Waals surface area contributed by atoms with Crippen LogP contribution in [-0.2, 0) is 0 Å². The van der Waals surface area contributed by atoms with E-state index in [2.05, 4.69) is 234 Å². The largest absolute Gasteiger partial charge is 0.309 e. The Morgan fingerprint density at radius 2 is 0.833 bits per heavy atom. The lowest BCUT2D eigenvalue weighted by Crippen LogP contribution is -2.01. The lowest BCUT2D eigenvalue weighted by molar-refractivity contribution is 1.08. The van der Waals surface area contributed by atoms with E-state index in [-0.39, 0.29) is 0 Å². The highest BCUT2D eigenvalue weighted by atomic mass is 15.0. The van der Waals surface area contributed by atoms with Crippen LogP contribution in [0.4, 0.5) is 0 Å². The highest BCUT2D eigenvalue weighted by Gasteiger charge is 2.21. The molecule has 14 aromatic rings. The van der Waals surface area contributed by atoms with Crippen molar-refractivity contribution in [1.82, 2.24) is 24.1 Å². The number of aromatic nitrogens is 5. The van der Waals surface area contributed by atoms with E-state index < -0.39 is 0 Å². The van der Waals surface area contributed by atoms with Crippen LogP contribution in [0.1, 0.15) is 0 Å². The third-order valence-electron chi connectivity index (χ3n) is 13.5. The maximum atomic E-state index is 5.24. The van der Waals surface area contributed by atoms with E-state index in [1.54, 1.807) is 0 Å². The highest BCUT2D eigenvalue weighted by molar-refractivity contribution is 6.25. The molecule has 5 heteroatoms. The highest BCUT2D eigenvalue weighted by Crippen LogP contribution is 2.42. The summed E-state index contributed by atoms with van der Waals surface area (Å²) in [6.07, 6.45) is 0. The monoisotopic (exact) mass is 839 g/mol. The summed E-state index contributed by atoms with van der Waals surface area (Å²) in [4.78, 5) is 15.6. The van der Waals surface area contributed by atoms with Crippen LogP contribution in [0.5, 0.6) is 0 Å². The number of hydrogen-bond donors (Lipinski definition) is 0. The third kappa shape index (κ3) is 5.63. The van der Waals surface area contributed by atoms with Crippen molar-refractivity contribution in [3.8, 4) is 45.5 Å². The van der Waals surface area contributed by atoms with Crippen LogP contribution in [0, 0.1) is 0 Å². The average molecular weight is 840 g/mol. The van der Waals surface area contributed by atoms with Gasteiger partial charge in [0.2, 0.25) is 0 Å². The molecule has 0 amide bonds. The molecule has 306 valence electrons. The molecule has 0 aliphatic heterocycles. The Labute approximate surface area is 379 Å². The lowest BCUT2D eigenvalue weighted by Gasteiger charge is -2.13. The van der Waals surface area contributed by atoms with Gasteiger partial charge in [-0.2, -0.15) is 0 Å². The molecule has 3 aromatic heterocycles. The molecule has 0 unspecified atom stereocenters. The number of benzene rings is 11. The minimum Gasteiger partial charge on any atom is -0.309 e. The Morgan fingerprint density at radius 3 is 1.58 bits per heavy atom. The zero-order valence-corrected chi connectivity index (χ0v) is 35.6. The summed E-state index contributed by atoms with van der Waals surface area (Å²) in [5.74, 6) is 1.91. The molecule has 5 nitrogen and oxygen atoms in total. The summed E-state index contributed by atoms with van der Waals surface area (Å²) in [7, 11) is 0. The van der Waals surface area contributed by atoms with Crippen LogP contribution >= 0.6 is 0 Å². The Bertz CT molecular complexity index is 4200. The van der Waals surface area contributed by atoms with Gasteiger partial charge >= 0.3 is 0 Å². The van der Waals surface area contributed by atoms with E-state index in [1.807, 2.05) is 0 Å².